The molecule has 0 atom stereocenters. The summed E-state index contributed by atoms with van der Waals surface area (Å²) in [6.07, 6.45) is 3.02. The Morgan fingerprint density at radius 2 is 1.83 bits per heavy atom. The van der Waals surface area contributed by atoms with Gasteiger partial charge in [0.05, 0.1) is 23.3 Å². The maximum atomic E-state index is 13.5. The number of fused-ring (bicyclic) bond motifs is 1. The van der Waals surface area contributed by atoms with E-state index in [0.29, 0.717) is 22.4 Å². The fourth-order valence-electron chi connectivity index (χ4n) is 3.75. The van der Waals surface area contributed by atoms with E-state index in [-0.39, 0.29) is 10.5 Å². The number of aryl methyl sites for hydroxylation is 3. The number of ether oxygens (including phenoxy) is 1. The molecule has 0 aliphatic carbocycles. The highest BCUT2D eigenvalue weighted by Crippen LogP contribution is 2.32. The number of carbonyl (C=O) groups is 1. The van der Waals surface area contributed by atoms with Gasteiger partial charge in [0, 0.05) is 28.9 Å². The van der Waals surface area contributed by atoms with Crippen LogP contribution in [0.3, 0.4) is 0 Å². The summed E-state index contributed by atoms with van der Waals surface area (Å²) in [7, 11) is -2.66. The molecule has 0 saturated heterocycles. The van der Waals surface area contributed by atoms with E-state index in [1.54, 1.807) is 51.2 Å². The molecule has 0 spiro atoms. The minimum Gasteiger partial charge on any atom is -0.468 e. The third kappa shape index (κ3) is 4.33. The highest BCUT2D eigenvalue weighted by atomic mass is 32.2. The Labute approximate surface area is 204 Å². The van der Waals surface area contributed by atoms with Gasteiger partial charge in [-0.15, -0.1) is 0 Å². The number of pyridine rings is 1. The van der Waals surface area contributed by atoms with E-state index in [9.17, 15) is 13.2 Å². The van der Waals surface area contributed by atoms with Crippen LogP contribution in [0.5, 0.6) is 0 Å². The molecule has 35 heavy (non-hydrogen) atoms. The summed E-state index contributed by atoms with van der Waals surface area (Å²) in [6.45, 7) is 8.79. The first kappa shape index (κ1) is 24.2. The van der Waals surface area contributed by atoms with Gasteiger partial charge in [-0.25, -0.2) is 17.4 Å². The molecule has 0 aliphatic rings. The van der Waals surface area contributed by atoms with Crippen molar-refractivity contribution in [3.8, 4) is 23.0 Å². The third-order valence-electron chi connectivity index (χ3n) is 5.72. The molecule has 4 rings (SSSR count). The van der Waals surface area contributed by atoms with Crippen LogP contribution in [0.25, 0.3) is 22.2 Å². The number of rotatable bonds is 4. The second-order valence-electron chi connectivity index (χ2n) is 8.82. The summed E-state index contributed by atoms with van der Waals surface area (Å²) >= 11 is 0. The van der Waals surface area contributed by atoms with Crippen LogP contribution in [0, 0.1) is 38.0 Å². The van der Waals surface area contributed by atoms with Gasteiger partial charge in [0.1, 0.15) is 11.2 Å². The quantitative estimate of drug-likeness (QED) is 0.308. The molecule has 3 aromatic heterocycles. The van der Waals surface area contributed by atoms with Crippen molar-refractivity contribution < 1.29 is 22.5 Å². The first-order valence-electron chi connectivity index (χ1n) is 10.8. The number of aromatic nitrogens is 3. The molecule has 8 nitrogen and oxygen atoms in total. The normalized spacial score (nSPS) is 11.8. The topological polar surface area (TPSA) is 104 Å². The van der Waals surface area contributed by atoms with Gasteiger partial charge in [-0.05, 0) is 52.8 Å². The Hall–Kier alpha value is -3.90. The first-order chi connectivity index (χ1) is 16.5. The number of nitrogens with zero attached hydrogens (tertiary/aromatic N) is 3. The first-order valence-corrected chi connectivity index (χ1v) is 12.3. The summed E-state index contributed by atoms with van der Waals surface area (Å²) < 4.78 is 38.3. The summed E-state index contributed by atoms with van der Waals surface area (Å²) in [4.78, 5) is 16.8. The van der Waals surface area contributed by atoms with Crippen LogP contribution in [0.15, 0.2) is 52.1 Å². The summed E-state index contributed by atoms with van der Waals surface area (Å²) in [5, 5.41) is 4.52. The smallest absolute Gasteiger partial charge is 0.323 e. The van der Waals surface area contributed by atoms with Gasteiger partial charge in [0.25, 0.3) is 10.0 Å². The molecule has 4 aromatic rings. The van der Waals surface area contributed by atoms with Crippen molar-refractivity contribution in [1.82, 2.24) is 14.1 Å². The van der Waals surface area contributed by atoms with E-state index in [0.717, 1.165) is 20.7 Å². The molecule has 0 fully saturated rings. The SMILES string of the molecule is COC(=O)C(C)(C)C#Cc1cn(S(=O)(=O)c2ccc(C)cc2)c2ncc(-c3c(C)noc3C)cc12. The highest BCUT2D eigenvalue weighted by molar-refractivity contribution is 7.90. The van der Waals surface area contributed by atoms with Crippen molar-refractivity contribution in [3.05, 3.63) is 65.3 Å². The summed E-state index contributed by atoms with van der Waals surface area (Å²) in [5.74, 6) is 6.03. The van der Waals surface area contributed by atoms with Gasteiger partial charge in [-0.1, -0.05) is 34.7 Å². The maximum Gasteiger partial charge on any atom is 0.323 e. The number of esters is 1. The second kappa shape index (κ2) is 8.71. The van der Waals surface area contributed by atoms with Gasteiger partial charge in [-0.3, -0.25) is 4.79 Å². The largest absolute Gasteiger partial charge is 0.468 e. The zero-order valence-electron chi connectivity index (χ0n) is 20.3. The lowest BCUT2D eigenvalue weighted by Gasteiger charge is -2.13. The average molecular weight is 492 g/mol. The Balaban J connectivity index is 1.97. The van der Waals surface area contributed by atoms with Crippen molar-refractivity contribution in [2.45, 2.75) is 39.5 Å². The van der Waals surface area contributed by atoms with Crippen LogP contribution in [0.2, 0.25) is 0 Å². The lowest BCUT2D eigenvalue weighted by molar-refractivity contribution is -0.147. The third-order valence-corrected chi connectivity index (χ3v) is 7.38. The van der Waals surface area contributed by atoms with E-state index in [1.165, 1.54) is 13.3 Å². The second-order valence-corrected chi connectivity index (χ2v) is 10.6. The Kier molecular flexibility index (Phi) is 6.03. The van der Waals surface area contributed by atoms with Gasteiger partial charge in [-0.2, -0.15) is 0 Å². The average Bonchev–Trinajstić information content (AvgIpc) is 3.36. The molecular formula is C26H25N3O5S. The van der Waals surface area contributed by atoms with E-state index in [4.69, 9.17) is 9.26 Å². The summed E-state index contributed by atoms with van der Waals surface area (Å²) in [6, 6.07) is 8.40. The molecule has 0 saturated carbocycles. The number of hydrogen-bond acceptors (Lipinski definition) is 7. The van der Waals surface area contributed by atoms with Crippen LogP contribution in [0.4, 0.5) is 0 Å². The zero-order valence-corrected chi connectivity index (χ0v) is 21.1. The lowest BCUT2D eigenvalue weighted by atomic mass is 9.94. The molecule has 0 N–H and O–H groups in total. The fraction of sp³-hybridized carbons (Fsp3) is 0.269. The standard InChI is InChI=1S/C26H25N3O5S/c1-16-7-9-21(10-8-16)35(31,32)29-15-19(11-12-26(4,5)25(30)33-6)22-13-20(14-27-24(22)29)23-17(2)28-34-18(23)3/h7-10,13-15H,1-6H3. The molecule has 180 valence electrons. The molecule has 1 aromatic carbocycles. The maximum absolute atomic E-state index is 13.5. The minimum atomic E-state index is -3.96. The van der Waals surface area contributed by atoms with Crippen LogP contribution in [-0.2, 0) is 19.6 Å². The number of methoxy groups -OCH3 is 1. The van der Waals surface area contributed by atoms with E-state index < -0.39 is 21.4 Å². The van der Waals surface area contributed by atoms with Crippen molar-refractivity contribution >= 4 is 27.0 Å². The van der Waals surface area contributed by atoms with Gasteiger partial charge < -0.3 is 9.26 Å². The molecule has 0 aliphatic heterocycles. The van der Waals surface area contributed by atoms with E-state index in [2.05, 4.69) is 22.0 Å². The summed E-state index contributed by atoms with van der Waals surface area (Å²) in [5.41, 5.74) is 2.67. The molecule has 0 bridgehead atoms. The number of hydrogen-bond donors (Lipinski definition) is 0. The lowest BCUT2D eigenvalue weighted by Crippen LogP contribution is -2.23. The monoisotopic (exact) mass is 491 g/mol. The predicted octanol–water partition coefficient (Wildman–Crippen LogP) is 4.40. The zero-order chi connectivity index (χ0) is 25.5. The van der Waals surface area contributed by atoms with Crippen LogP contribution in [0.1, 0.15) is 36.4 Å². The highest BCUT2D eigenvalue weighted by Gasteiger charge is 2.27. The number of benzene rings is 1. The minimum absolute atomic E-state index is 0.131. The number of carbonyl (C=O) groups excluding carboxylic acids is 1. The van der Waals surface area contributed by atoms with Crippen LogP contribution in [-0.4, -0.2) is 35.6 Å². The predicted molar refractivity (Wildman–Crippen MR) is 131 cm³/mol. The molecular weight excluding hydrogens is 466 g/mol. The van der Waals surface area contributed by atoms with Gasteiger partial charge >= 0.3 is 5.97 Å². The Morgan fingerprint density at radius 3 is 2.43 bits per heavy atom. The molecule has 9 heteroatoms. The van der Waals surface area contributed by atoms with Crippen LogP contribution >= 0.6 is 0 Å². The van der Waals surface area contributed by atoms with E-state index >= 15 is 0 Å². The Morgan fingerprint density at radius 1 is 1.14 bits per heavy atom. The molecule has 0 amide bonds. The van der Waals surface area contributed by atoms with E-state index in [1.807, 2.05) is 19.9 Å². The van der Waals surface area contributed by atoms with Gasteiger partial charge in [0.15, 0.2) is 5.65 Å². The molecule has 3 heterocycles. The fourth-order valence-corrected chi connectivity index (χ4v) is 5.07. The van der Waals surface area contributed by atoms with Crippen molar-refractivity contribution in [2.75, 3.05) is 7.11 Å². The van der Waals surface area contributed by atoms with Crippen molar-refractivity contribution in [2.24, 2.45) is 5.41 Å². The van der Waals surface area contributed by atoms with Crippen LogP contribution < -0.4 is 0 Å². The Bertz CT molecular complexity index is 1600. The molecule has 0 radical (unpaired) electrons. The van der Waals surface area contributed by atoms with Gasteiger partial charge in [0.2, 0.25) is 0 Å². The van der Waals surface area contributed by atoms with Crippen molar-refractivity contribution in [1.29, 1.82) is 0 Å². The molecule has 0 unspecified atom stereocenters. The van der Waals surface area contributed by atoms with Crippen molar-refractivity contribution in [3.63, 3.8) is 0 Å².